The molecule has 0 bridgehead atoms. The van der Waals surface area contributed by atoms with Crippen molar-refractivity contribution in [2.45, 2.75) is 26.0 Å². The lowest BCUT2D eigenvalue weighted by Crippen LogP contribution is -2.50. The second kappa shape index (κ2) is 13.4. The van der Waals surface area contributed by atoms with Crippen LogP contribution in [-0.4, -0.2) is 82.3 Å². The summed E-state index contributed by atoms with van der Waals surface area (Å²) in [7, 11) is 5.28. The van der Waals surface area contributed by atoms with Crippen molar-refractivity contribution in [1.29, 1.82) is 0 Å². The van der Waals surface area contributed by atoms with Crippen molar-refractivity contribution >= 4 is 29.9 Å². The van der Waals surface area contributed by atoms with Crippen molar-refractivity contribution in [3.05, 3.63) is 35.4 Å². The van der Waals surface area contributed by atoms with Crippen LogP contribution < -0.4 is 10.6 Å². The highest BCUT2D eigenvalue weighted by Gasteiger charge is 2.23. The summed E-state index contributed by atoms with van der Waals surface area (Å²) in [5.41, 5.74) is 0.0559. The fourth-order valence-corrected chi connectivity index (χ4v) is 3.58. The Morgan fingerprint density at radius 1 is 1.27 bits per heavy atom. The van der Waals surface area contributed by atoms with E-state index >= 15 is 0 Å². The topological polar surface area (TPSA) is 52.1 Å². The molecule has 172 valence electrons. The average Bonchev–Trinajstić information content (AvgIpc) is 2.65. The number of hydrogen-bond acceptors (Lipinski definition) is 4. The third-order valence-electron chi connectivity index (χ3n) is 4.99. The zero-order valence-electron chi connectivity index (χ0n) is 18.6. The lowest BCUT2D eigenvalue weighted by atomic mass is 10.0. The summed E-state index contributed by atoms with van der Waals surface area (Å²) in [6.07, 6.45) is 0.0784. The average molecular weight is 539 g/mol. The standard InChI is InChI=1S/C21H35F2N5O.HI/c1-15(2)13-28-9-10-29-16(14-28)11-25-21(24-3)26-12-19(27(4)5)20-17(22)7-6-8-18(20)23;/h6-8,15-16,19H,9-14H2,1-5H3,(H2,24,25,26);1H. The molecule has 30 heavy (non-hydrogen) atoms. The molecular weight excluding hydrogens is 503 g/mol. The summed E-state index contributed by atoms with van der Waals surface area (Å²) in [5, 5.41) is 6.45. The molecule has 2 unspecified atom stereocenters. The molecule has 0 spiro atoms. The molecular formula is C21H36F2IN5O. The molecule has 1 aliphatic heterocycles. The Labute approximate surface area is 196 Å². The van der Waals surface area contributed by atoms with Gasteiger partial charge in [0.05, 0.1) is 18.8 Å². The minimum atomic E-state index is -0.547. The van der Waals surface area contributed by atoms with Crippen molar-refractivity contribution in [2.24, 2.45) is 10.9 Å². The third kappa shape index (κ3) is 8.24. The van der Waals surface area contributed by atoms with Crippen LogP contribution in [0.3, 0.4) is 0 Å². The van der Waals surface area contributed by atoms with E-state index in [1.54, 1.807) is 26.0 Å². The first-order chi connectivity index (χ1) is 13.8. The highest BCUT2D eigenvalue weighted by Crippen LogP contribution is 2.23. The third-order valence-corrected chi connectivity index (χ3v) is 4.99. The van der Waals surface area contributed by atoms with Crippen LogP contribution in [0, 0.1) is 17.6 Å². The highest BCUT2D eigenvalue weighted by molar-refractivity contribution is 14.0. The van der Waals surface area contributed by atoms with Crippen LogP contribution in [0.4, 0.5) is 8.78 Å². The number of nitrogens with one attached hydrogen (secondary N) is 2. The van der Waals surface area contributed by atoms with E-state index in [1.807, 2.05) is 0 Å². The smallest absolute Gasteiger partial charge is 0.191 e. The van der Waals surface area contributed by atoms with E-state index in [-0.39, 0.29) is 35.6 Å². The summed E-state index contributed by atoms with van der Waals surface area (Å²) in [5.74, 6) is 0.111. The number of benzene rings is 1. The minimum absolute atomic E-state index is 0. The maximum Gasteiger partial charge on any atom is 0.191 e. The Hall–Kier alpha value is -1.04. The molecule has 2 rings (SSSR count). The van der Waals surface area contributed by atoms with Gasteiger partial charge < -0.3 is 20.3 Å². The summed E-state index contributed by atoms with van der Waals surface area (Å²) < 4.78 is 34.3. The van der Waals surface area contributed by atoms with E-state index in [4.69, 9.17) is 4.74 Å². The fourth-order valence-electron chi connectivity index (χ4n) is 3.58. The number of hydrogen-bond donors (Lipinski definition) is 2. The van der Waals surface area contributed by atoms with E-state index in [1.165, 1.54) is 18.2 Å². The molecule has 0 aliphatic carbocycles. The summed E-state index contributed by atoms with van der Waals surface area (Å²) >= 11 is 0. The van der Waals surface area contributed by atoms with E-state index < -0.39 is 17.7 Å². The summed E-state index contributed by atoms with van der Waals surface area (Å²) in [6, 6.07) is 3.47. The second-order valence-electron chi connectivity index (χ2n) is 8.09. The maximum absolute atomic E-state index is 14.2. The number of rotatable bonds is 8. The van der Waals surface area contributed by atoms with Gasteiger partial charge in [-0.1, -0.05) is 19.9 Å². The Bertz CT molecular complexity index is 655. The van der Waals surface area contributed by atoms with Crippen LogP contribution in [0.1, 0.15) is 25.5 Å². The first-order valence-electron chi connectivity index (χ1n) is 10.2. The molecule has 0 saturated carbocycles. The first kappa shape index (κ1) is 27.0. The van der Waals surface area contributed by atoms with Crippen LogP contribution in [-0.2, 0) is 4.74 Å². The number of nitrogens with zero attached hydrogens (tertiary/aromatic N) is 3. The quantitative estimate of drug-likeness (QED) is 0.303. The predicted molar refractivity (Wildman–Crippen MR) is 129 cm³/mol. The number of halogens is 3. The Morgan fingerprint density at radius 2 is 1.93 bits per heavy atom. The van der Waals surface area contributed by atoms with Gasteiger partial charge in [0.15, 0.2) is 5.96 Å². The van der Waals surface area contributed by atoms with Gasteiger partial charge in [-0.2, -0.15) is 0 Å². The normalized spacial score (nSPS) is 19.0. The number of morpholine rings is 1. The molecule has 1 fully saturated rings. The minimum Gasteiger partial charge on any atom is -0.374 e. The molecule has 1 saturated heterocycles. The molecule has 2 atom stereocenters. The van der Waals surface area contributed by atoms with Crippen molar-refractivity contribution < 1.29 is 13.5 Å². The van der Waals surface area contributed by atoms with Crippen LogP contribution >= 0.6 is 24.0 Å². The highest BCUT2D eigenvalue weighted by atomic mass is 127. The Morgan fingerprint density at radius 3 is 2.50 bits per heavy atom. The van der Waals surface area contributed by atoms with Gasteiger partial charge in [0.25, 0.3) is 0 Å². The molecule has 0 amide bonds. The van der Waals surface area contributed by atoms with E-state index in [0.29, 0.717) is 25.0 Å². The van der Waals surface area contributed by atoms with Gasteiger partial charge >= 0.3 is 0 Å². The van der Waals surface area contributed by atoms with E-state index in [9.17, 15) is 8.78 Å². The van der Waals surface area contributed by atoms with Crippen molar-refractivity contribution in [2.75, 3.05) is 60.5 Å². The van der Waals surface area contributed by atoms with Gasteiger partial charge in [-0.15, -0.1) is 24.0 Å². The molecule has 9 heteroatoms. The molecule has 6 nitrogen and oxygen atoms in total. The molecule has 0 radical (unpaired) electrons. The van der Waals surface area contributed by atoms with Gasteiger partial charge in [0.2, 0.25) is 0 Å². The molecule has 0 aromatic heterocycles. The molecule has 1 aromatic carbocycles. The van der Waals surface area contributed by atoms with Gasteiger partial charge in [-0.25, -0.2) is 8.78 Å². The van der Waals surface area contributed by atoms with Crippen LogP contribution in [0.15, 0.2) is 23.2 Å². The fraction of sp³-hybridized carbons (Fsp3) is 0.667. The summed E-state index contributed by atoms with van der Waals surface area (Å²) in [4.78, 5) is 8.43. The monoisotopic (exact) mass is 539 g/mol. The molecule has 2 N–H and O–H groups in total. The zero-order valence-corrected chi connectivity index (χ0v) is 21.0. The van der Waals surface area contributed by atoms with Crippen molar-refractivity contribution in [3.63, 3.8) is 0 Å². The second-order valence-corrected chi connectivity index (χ2v) is 8.09. The number of aliphatic imine (C=N–C) groups is 1. The zero-order chi connectivity index (χ0) is 21.4. The summed E-state index contributed by atoms with van der Waals surface area (Å²) in [6.45, 7) is 8.99. The largest absolute Gasteiger partial charge is 0.374 e. The Balaban J connectivity index is 0.00000450. The van der Waals surface area contributed by atoms with Gasteiger partial charge in [0, 0.05) is 45.3 Å². The van der Waals surface area contributed by atoms with E-state index in [2.05, 4.69) is 34.4 Å². The van der Waals surface area contributed by atoms with Gasteiger partial charge in [-0.05, 0) is 32.1 Å². The lowest BCUT2D eigenvalue weighted by Gasteiger charge is -2.34. The molecule has 1 heterocycles. The number of likely N-dealkylation sites (N-methyl/N-ethyl adjacent to an activating group) is 1. The van der Waals surface area contributed by atoms with E-state index in [0.717, 1.165) is 26.2 Å². The number of ether oxygens (including phenoxy) is 1. The van der Waals surface area contributed by atoms with Crippen LogP contribution in [0.25, 0.3) is 0 Å². The predicted octanol–water partition coefficient (Wildman–Crippen LogP) is 2.71. The SMILES string of the molecule is CN=C(NCC1CN(CC(C)C)CCO1)NCC(c1c(F)cccc1F)N(C)C.I. The first-order valence-corrected chi connectivity index (χ1v) is 10.2. The number of guanidine groups is 1. The molecule has 1 aliphatic rings. The van der Waals surface area contributed by atoms with Crippen LogP contribution in [0.5, 0.6) is 0 Å². The Kier molecular flexibility index (Phi) is 12.0. The van der Waals surface area contributed by atoms with Crippen LogP contribution in [0.2, 0.25) is 0 Å². The van der Waals surface area contributed by atoms with Gasteiger partial charge in [0.1, 0.15) is 11.6 Å². The van der Waals surface area contributed by atoms with Crippen molar-refractivity contribution in [3.8, 4) is 0 Å². The lowest BCUT2D eigenvalue weighted by molar-refractivity contribution is -0.0284. The maximum atomic E-state index is 14.2. The van der Waals surface area contributed by atoms with Crippen molar-refractivity contribution in [1.82, 2.24) is 20.4 Å². The molecule has 1 aromatic rings. The van der Waals surface area contributed by atoms with Gasteiger partial charge in [-0.3, -0.25) is 9.89 Å².